The van der Waals surface area contributed by atoms with E-state index in [1.807, 2.05) is 26.8 Å². The molecule has 0 fully saturated rings. The Morgan fingerprint density at radius 2 is 1.29 bits per heavy atom. The zero-order valence-corrected chi connectivity index (χ0v) is 17.8. The molecule has 0 amide bonds. The van der Waals surface area contributed by atoms with Gasteiger partial charge in [0.05, 0.1) is 4.92 Å². The van der Waals surface area contributed by atoms with Crippen LogP contribution in [0.3, 0.4) is 0 Å². The highest BCUT2D eigenvalue weighted by molar-refractivity contribution is 6.68. The van der Waals surface area contributed by atoms with Crippen molar-refractivity contribution in [2.24, 2.45) is 5.84 Å². The van der Waals surface area contributed by atoms with E-state index in [1.54, 1.807) is 24.3 Å². The quantitative estimate of drug-likeness (QED) is 0.303. The van der Waals surface area contributed by atoms with E-state index < -0.39 is 15.4 Å². The van der Waals surface area contributed by atoms with Crippen molar-refractivity contribution in [3.63, 3.8) is 0 Å². The molecule has 0 spiro atoms. The van der Waals surface area contributed by atoms with Gasteiger partial charge in [0.2, 0.25) is 0 Å². The van der Waals surface area contributed by atoms with Crippen LogP contribution in [0.2, 0.25) is 0 Å². The molecule has 0 aliphatic carbocycles. The first-order chi connectivity index (χ1) is 12.5. The van der Waals surface area contributed by atoms with Gasteiger partial charge in [-0.15, -0.1) is 12.4 Å². The molecule has 10 heteroatoms. The van der Waals surface area contributed by atoms with Crippen LogP contribution in [0.5, 0.6) is 0 Å². The van der Waals surface area contributed by atoms with E-state index >= 15 is 0 Å². The molecule has 2 aromatic rings. The maximum absolute atomic E-state index is 10.5. The highest BCUT2D eigenvalue weighted by Gasteiger charge is 2.06. The number of carbonyl (C=O) groups excluding carboxylic acids is 2. The summed E-state index contributed by atoms with van der Waals surface area (Å²) in [7, 11) is 0. The zero-order valence-electron chi connectivity index (χ0n) is 15.5. The SMILES string of the molecule is CC(C)(C)NN.Cl.O=C(Cl)c1ccc([N+](=O)[O-])cc1.O=C(Cl)c1ccccc1. The predicted molar refractivity (Wildman–Crippen MR) is 114 cm³/mol. The van der Waals surface area contributed by atoms with Crippen LogP contribution in [-0.4, -0.2) is 20.9 Å². The maximum Gasteiger partial charge on any atom is 0.269 e. The first-order valence-corrected chi connectivity index (χ1v) is 8.40. The van der Waals surface area contributed by atoms with Crippen molar-refractivity contribution in [1.82, 2.24) is 5.43 Å². The molecule has 0 atom stereocenters. The monoisotopic (exact) mass is 449 g/mol. The van der Waals surface area contributed by atoms with Crippen LogP contribution >= 0.6 is 35.6 Å². The van der Waals surface area contributed by atoms with E-state index in [0.717, 1.165) is 0 Å². The second-order valence-corrected chi connectivity index (χ2v) is 6.80. The van der Waals surface area contributed by atoms with E-state index in [2.05, 4.69) is 5.43 Å². The van der Waals surface area contributed by atoms with Crippen molar-refractivity contribution in [3.8, 4) is 0 Å². The van der Waals surface area contributed by atoms with E-state index in [1.165, 1.54) is 24.3 Å². The van der Waals surface area contributed by atoms with Crippen LogP contribution < -0.4 is 11.3 Å². The summed E-state index contributed by atoms with van der Waals surface area (Å²) in [5.74, 6) is 5.06. The lowest BCUT2D eigenvalue weighted by Gasteiger charge is -2.14. The molecule has 154 valence electrons. The van der Waals surface area contributed by atoms with Crippen molar-refractivity contribution in [3.05, 3.63) is 75.8 Å². The van der Waals surface area contributed by atoms with E-state index in [-0.39, 0.29) is 29.2 Å². The Balaban J connectivity index is 0. The van der Waals surface area contributed by atoms with Crippen molar-refractivity contribution < 1.29 is 14.5 Å². The fourth-order valence-electron chi connectivity index (χ4n) is 1.28. The molecule has 0 radical (unpaired) electrons. The number of hydrogen-bond acceptors (Lipinski definition) is 6. The van der Waals surface area contributed by atoms with Crippen LogP contribution in [0.15, 0.2) is 54.6 Å². The average Bonchev–Trinajstić information content (AvgIpc) is 2.63. The van der Waals surface area contributed by atoms with Crippen LogP contribution in [0, 0.1) is 10.1 Å². The Morgan fingerprint density at radius 1 is 0.929 bits per heavy atom. The highest BCUT2D eigenvalue weighted by atomic mass is 35.5. The number of non-ortho nitro benzene ring substituents is 1. The minimum Gasteiger partial charge on any atom is -0.276 e. The molecule has 0 aliphatic rings. The lowest BCUT2D eigenvalue weighted by Crippen LogP contribution is -2.41. The van der Waals surface area contributed by atoms with Crippen LogP contribution in [-0.2, 0) is 0 Å². The van der Waals surface area contributed by atoms with E-state index in [9.17, 15) is 19.7 Å². The normalized spacial score (nSPS) is 9.50. The van der Waals surface area contributed by atoms with Gasteiger partial charge in [-0.1, -0.05) is 30.3 Å². The number of nitrogens with one attached hydrogen (secondary N) is 1. The van der Waals surface area contributed by atoms with Crippen LogP contribution in [0.25, 0.3) is 0 Å². The molecule has 7 nitrogen and oxygen atoms in total. The fourth-order valence-corrected chi connectivity index (χ4v) is 1.54. The minimum absolute atomic E-state index is 0. The third-order valence-electron chi connectivity index (χ3n) is 2.74. The predicted octanol–water partition coefficient (Wildman–Crippen LogP) is 4.71. The number of benzene rings is 2. The van der Waals surface area contributed by atoms with Gasteiger partial charge in [-0.2, -0.15) is 0 Å². The Hall–Kier alpha value is -2.03. The molecule has 2 rings (SSSR count). The highest BCUT2D eigenvalue weighted by Crippen LogP contribution is 2.12. The summed E-state index contributed by atoms with van der Waals surface area (Å²) in [6.07, 6.45) is 0. The topological polar surface area (TPSA) is 115 Å². The standard InChI is InChI=1S/C7H4ClNO3.C7H5ClO.C4H12N2.ClH/c8-7(10)5-1-3-6(4-2-5)9(11)12;8-7(9)6-4-2-1-3-5-6;1-4(2,3)6-5;/h1-4H;1-5H;6H,5H2,1-3H3;1H. The van der Waals surface area contributed by atoms with Crippen molar-refractivity contribution >= 4 is 51.8 Å². The number of nitro groups is 1. The van der Waals surface area contributed by atoms with Gasteiger partial charge in [-0.3, -0.25) is 31.0 Å². The maximum atomic E-state index is 10.5. The molecule has 3 N–H and O–H groups in total. The summed E-state index contributed by atoms with van der Waals surface area (Å²) in [5, 5.41) is 9.14. The molecule has 2 aromatic carbocycles. The first-order valence-electron chi connectivity index (χ1n) is 7.65. The number of nitrogens with zero attached hydrogens (tertiary/aromatic N) is 1. The largest absolute Gasteiger partial charge is 0.276 e. The van der Waals surface area contributed by atoms with Gasteiger partial charge in [0.15, 0.2) is 0 Å². The van der Waals surface area contributed by atoms with E-state index in [4.69, 9.17) is 29.0 Å². The molecule has 0 aliphatic heterocycles. The number of nitro benzene ring substituents is 1. The summed E-state index contributed by atoms with van der Waals surface area (Å²) < 4.78 is 0. The fraction of sp³-hybridized carbons (Fsp3) is 0.222. The Kier molecular flexibility index (Phi) is 14.1. The Bertz CT molecular complexity index is 716. The first kappa shape index (κ1) is 28.2. The number of hydrogen-bond donors (Lipinski definition) is 2. The summed E-state index contributed by atoms with van der Waals surface area (Å²) in [6, 6.07) is 13.8. The van der Waals surface area contributed by atoms with E-state index in [0.29, 0.717) is 5.56 Å². The lowest BCUT2D eigenvalue weighted by atomic mass is 10.1. The Labute approximate surface area is 179 Å². The van der Waals surface area contributed by atoms with Gasteiger partial charge in [0, 0.05) is 28.8 Å². The summed E-state index contributed by atoms with van der Waals surface area (Å²) >= 11 is 10.3. The van der Waals surface area contributed by atoms with Crippen molar-refractivity contribution in [2.75, 3.05) is 0 Å². The summed E-state index contributed by atoms with van der Waals surface area (Å²) in [6.45, 7) is 6.02. The number of nitrogens with two attached hydrogens (primary N) is 1. The molecule has 0 saturated heterocycles. The van der Waals surface area contributed by atoms with Gasteiger partial charge in [0.1, 0.15) is 0 Å². The molecule has 0 unspecified atom stereocenters. The van der Waals surface area contributed by atoms with Crippen LogP contribution in [0.4, 0.5) is 5.69 Å². The van der Waals surface area contributed by atoms with Gasteiger partial charge >= 0.3 is 0 Å². The number of rotatable bonds is 3. The molecule has 0 bridgehead atoms. The summed E-state index contributed by atoms with van der Waals surface area (Å²) in [5.41, 5.74) is 3.41. The molecule has 0 aromatic heterocycles. The van der Waals surface area contributed by atoms with Gasteiger partial charge in [-0.25, -0.2) is 0 Å². The van der Waals surface area contributed by atoms with Gasteiger partial charge in [0.25, 0.3) is 16.2 Å². The second-order valence-electron chi connectivity index (χ2n) is 6.11. The molecule has 28 heavy (non-hydrogen) atoms. The smallest absolute Gasteiger partial charge is 0.269 e. The summed E-state index contributed by atoms with van der Waals surface area (Å²) in [4.78, 5) is 30.6. The van der Waals surface area contributed by atoms with Gasteiger partial charge < -0.3 is 0 Å². The third kappa shape index (κ3) is 13.2. The number of halogens is 3. The zero-order chi connectivity index (χ0) is 21.0. The van der Waals surface area contributed by atoms with Gasteiger partial charge in [-0.05, 0) is 56.1 Å². The number of carbonyl (C=O) groups is 2. The number of hydrazine groups is 1. The lowest BCUT2D eigenvalue weighted by molar-refractivity contribution is -0.384. The minimum atomic E-state index is -0.620. The Morgan fingerprint density at radius 3 is 1.54 bits per heavy atom. The molecular weight excluding hydrogens is 429 g/mol. The van der Waals surface area contributed by atoms with Crippen LogP contribution in [0.1, 0.15) is 41.5 Å². The molecule has 0 heterocycles. The van der Waals surface area contributed by atoms with Crippen molar-refractivity contribution in [2.45, 2.75) is 26.3 Å². The average molecular weight is 451 g/mol. The van der Waals surface area contributed by atoms with Crippen molar-refractivity contribution in [1.29, 1.82) is 0 Å². The third-order valence-corrected chi connectivity index (χ3v) is 3.18. The molecule has 0 saturated carbocycles. The second kappa shape index (κ2) is 14.0. The molecular formula is C18H22Cl3N3O4.